The van der Waals surface area contributed by atoms with Gasteiger partial charge in [-0.25, -0.2) is 0 Å². The van der Waals surface area contributed by atoms with Gasteiger partial charge < -0.3 is 20.3 Å². The van der Waals surface area contributed by atoms with Crippen molar-refractivity contribution in [2.75, 3.05) is 36.5 Å². The number of ether oxygens (including phenoxy) is 1. The van der Waals surface area contributed by atoms with Crippen LogP contribution in [0.5, 0.6) is 0 Å². The van der Waals surface area contributed by atoms with Gasteiger partial charge in [0.2, 0.25) is 0 Å². The van der Waals surface area contributed by atoms with E-state index in [1.807, 2.05) is 12.1 Å². The highest BCUT2D eigenvalue weighted by Crippen LogP contribution is 2.17. The maximum absolute atomic E-state index is 11.9. The number of benzene rings is 1. The summed E-state index contributed by atoms with van der Waals surface area (Å²) in [5.41, 5.74) is 1.70. The number of rotatable bonds is 6. The van der Waals surface area contributed by atoms with E-state index in [4.69, 9.17) is 4.74 Å². The van der Waals surface area contributed by atoms with Crippen LogP contribution in [0.4, 0.5) is 11.4 Å². The Morgan fingerprint density at radius 2 is 1.87 bits per heavy atom. The molecule has 2 amide bonds. The summed E-state index contributed by atoms with van der Waals surface area (Å²) in [5.74, 6) is -1.29. The van der Waals surface area contributed by atoms with E-state index in [9.17, 15) is 9.59 Å². The van der Waals surface area contributed by atoms with Crippen LogP contribution >= 0.6 is 0 Å². The lowest BCUT2D eigenvalue weighted by Gasteiger charge is -2.21. The zero-order chi connectivity index (χ0) is 16.7. The van der Waals surface area contributed by atoms with Gasteiger partial charge in [0.15, 0.2) is 0 Å². The molecule has 1 heterocycles. The highest BCUT2D eigenvalue weighted by molar-refractivity contribution is 6.39. The van der Waals surface area contributed by atoms with Crippen LogP contribution in [0, 0.1) is 0 Å². The number of anilines is 2. The van der Waals surface area contributed by atoms with Crippen LogP contribution in [0.1, 0.15) is 26.7 Å². The van der Waals surface area contributed by atoms with Crippen LogP contribution in [-0.4, -0.2) is 44.2 Å². The van der Waals surface area contributed by atoms with Crippen molar-refractivity contribution >= 4 is 23.2 Å². The molecule has 1 atom stereocenters. The summed E-state index contributed by atoms with van der Waals surface area (Å²) in [6, 6.07) is 7.48. The van der Waals surface area contributed by atoms with E-state index in [1.54, 1.807) is 12.1 Å². The second-order valence-corrected chi connectivity index (χ2v) is 5.52. The minimum atomic E-state index is -0.654. The molecule has 6 heteroatoms. The highest BCUT2D eigenvalue weighted by atomic mass is 16.5. The smallest absolute Gasteiger partial charge is 0.313 e. The lowest BCUT2D eigenvalue weighted by molar-refractivity contribution is -0.136. The van der Waals surface area contributed by atoms with Crippen LogP contribution < -0.4 is 15.5 Å². The van der Waals surface area contributed by atoms with E-state index in [0.29, 0.717) is 12.2 Å². The Bertz CT molecular complexity index is 520. The lowest BCUT2D eigenvalue weighted by atomic mass is 10.2. The molecule has 2 rings (SSSR count). The van der Waals surface area contributed by atoms with Gasteiger partial charge in [-0.05, 0) is 51.0 Å². The molecule has 1 aromatic carbocycles. The molecule has 0 radical (unpaired) electrons. The fraction of sp³-hybridized carbons (Fsp3) is 0.529. The van der Waals surface area contributed by atoms with Crippen molar-refractivity contribution in [1.82, 2.24) is 5.32 Å². The molecule has 1 fully saturated rings. The Labute approximate surface area is 137 Å². The lowest BCUT2D eigenvalue weighted by Crippen LogP contribution is -2.39. The third-order valence-electron chi connectivity index (χ3n) is 3.97. The first-order valence-corrected chi connectivity index (χ1v) is 8.19. The van der Waals surface area contributed by atoms with Crippen molar-refractivity contribution in [3.63, 3.8) is 0 Å². The number of amides is 2. The molecule has 2 N–H and O–H groups in total. The quantitative estimate of drug-likeness (QED) is 0.784. The van der Waals surface area contributed by atoms with Gasteiger partial charge in [-0.2, -0.15) is 0 Å². The zero-order valence-electron chi connectivity index (χ0n) is 13.8. The maximum Gasteiger partial charge on any atom is 0.313 e. The van der Waals surface area contributed by atoms with Gasteiger partial charge in [-0.3, -0.25) is 9.59 Å². The largest absolute Gasteiger partial charge is 0.376 e. The molecular weight excluding hydrogens is 294 g/mol. The highest BCUT2D eigenvalue weighted by Gasteiger charge is 2.19. The number of hydrogen-bond donors (Lipinski definition) is 2. The minimum Gasteiger partial charge on any atom is -0.376 e. The number of carbonyl (C=O) groups excluding carboxylic acids is 2. The predicted molar refractivity (Wildman–Crippen MR) is 90.6 cm³/mol. The van der Waals surface area contributed by atoms with Crippen LogP contribution in [0.25, 0.3) is 0 Å². The zero-order valence-corrected chi connectivity index (χ0v) is 13.8. The Balaban J connectivity index is 1.82. The van der Waals surface area contributed by atoms with Crippen molar-refractivity contribution in [2.24, 2.45) is 0 Å². The average molecular weight is 319 g/mol. The molecular formula is C17H25N3O3. The molecule has 0 bridgehead atoms. The van der Waals surface area contributed by atoms with Gasteiger partial charge in [0.1, 0.15) is 0 Å². The molecule has 0 saturated carbocycles. The Morgan fingerprint density at radius 1 is 1.17 bits per heavy atom. The Hall–Kier alpha value is -2.08. The third kappa shape index (κ3) is 4.96. The van der Waals surface area contributed by atoms with E-state index in [1.165, 1.54) is 0 Å². The molecule has 126 valence electrons. The molecule has 6 nitrogen and oxygen atoms in total. The fourth-order valence-electron chi connectivity index (χ4n) is 2.62. The number of carbonyl (C=O) groups is 2. The summed E-state index contributed by atoms with van der Waals surface area (Å²) in [5, 5.41) is 5.22. The molecule has 0 spiro atoms. The van der Waals surface area contributed by atoms with Crippen molar-refractivity contribution in [1.29, 1.82) is 0 Å². The van der Waals surface area contributed by atoms with Crippen LogP contribution in [0.2, 0.25) is 0 Å². The molecule has 1 saturated heterocycles. The molecule has 0 aromatic heterocycles. The summed E-state index contributed by atoms with van der Waals surface area (Å²) in [4.78, 5) is 25.9. The van der Waals surface area contributed by atoms with Crippen LogP contribution in [0.15, 0.2) is 24.3 Å². The SMILES string of the molecule is CCN(CC)c1ccc(NC(=O)C(=O)NCC2CCCO2)cc1. The monoisotopic (exact) mass is 319 g/mol. The fourth-order valence-corrected chi connectivity index (χ4v) is 2.62. The van der Waals surface area contributed by atoms with Crippen molar-refractivity contribution in [3.8, 4) is 0 Å². The first-order chi connectivity index (χ1) is 11.1. The van der Waals surface area contributed by atoms with E-state index >= 15 is 0 Å². The number of nitrogens with one attached hydrogen (secondary N) is 2. The maximum atomic E-state index is 11.9. The minimum absolute atomic E-state index is 0.0279. The Morgan fingerprint density at radius 3 is 2.43 bits per heavy atom. The molecule has 23 heavy (non-hydrogen) atoms. The molecule has 1 aliphatic rings. The predicted octanol–water partition coefficient (Wildman–Crippen LogP) is 1.77. The van der Waals surface area contributed by atoms with Gasteiger partial charge in [0.25, 0.3) is 0 Å². The van der Waals surface area contributed by atoms with E-state index in [0.717, 1.165) is 38.2 Å². The second kappa shape index (κ2) is 8.53. The van der Waals surface area contributed by atoms with Crippen LogP contribution in [0.3, 0.4) is 0 Å². The van der Waals surface area contributed by atoms with Crippen molar-refractivity contribution < 1.29 is 14.3 Å². The number of nitrogens with zero attached hydrogens (tertiary/aromatic N) is 1. The molecule has 1 aliphatic heterocycles. The summed E-state index contributed by atoms with van der Waals surface area (Å²) in [7, 11) is 0. The third-order valence-corrected chi connectivity index (χ3v) is 3.97. The molecule has 0 aliphatic carbocycles. The Kier molecular flexibility index (Phi) is 6.40. The van der Waals surface area contributed by atoms with Gasteiger partial charge in [0, 0.05) is 37.6 Å². The van der Waals surface area contributed by atoms with E-state index in [-0.39, 0.29) is 6.10 Å². The summed E-state index contributed by atoms with van der Waals surface area (Å²) < 4.78 is 5.41. The van der Waals surface area contributed by atoms with Gasteiger partial charge in [-0.1, -0.05) is 0 Å². The van der Waals surface area contributed by atoms with Gasteiger partial charge in [0.05, 0.1) is 6.10 Å². The normalized spacial score (nSPS) is 16.9. The first kappa shape index (κ1) is 17.3. The summed E-state index contributed by atoms with van der Waals surface area (Å²) in [6.07, 6.45) is 1.96. The standard InChI is InChI=1S/C17H25N3O3/c1-3-20(4-2)14-9-7-13(8-10-14)19-17(22)16(21)18-12-15-6-5-11-23-15/h7-10,15H,3-6,11-12H2,1-2H3,(H,18,21)(H,19,22). The average Bonchev–Trinajstić information content (AvgIpc) is 3.08. The van der Waals surface area contributed by atoms with Crippen LogP contribution in [-0.2, 0) is 14.3 Å². The van der Waals surface area contributed by atoms with Crippen molar-refractivity contribution in [3.05, 3.63) is 24.3 Å². The summed E-state index contributed by atoms with van der Waals surface area (Å²) >= 11 is 0. The van der Waals surface area contributed by atoms with Crippen molar-refractivity contribution in [2.45, 2.75) is 32.8 Å². The molecule has 1 aromatic rings. The summed E-state index contributed by atoms with van der Waals surface area (Å²) in [6.45, 7) is 7.15. The molecule has 1 unspecified atom stereocenters. The second-order valence-electron chi connectivity index (χ2n) is 5.52. The number of hydrogen-bond acceptors (Lipinski definition) is 4. The first-order valence-electron chi connectivity index (χ1n) is 8.19. The van der Waals surface area contributed by atoms with Gasteiger partial charge >= 0.3 is 11.8 Å². The van der Waals surface area contributed by atoms with Gasteiger partial charge in [-0.15, -0.1) is 0 Å². The van der Waals surface area contributed by atoms with E-state index in [2.05, 4.69) is 29.4 Å². The van der Waals surface area contributed by atoms with E-state index < -0.39 is 11.8 Å². The topological polar surface area (TPSA) is 70.7 Å².